The molecule has 0 bridgehead atoms. The monoisotopic (exact) mass is 328 g/mol. The Kier molecular flexibility index (Phi) is 2.40. The predicted octanol–water partition coefficient (Wildman–Crippen LogP) is 3.20. The lowest BCUT2D eigenvalue weighted by molar-refractivity contribution is 0.415. The molecule has 0 spiro atoms. The van der Waals surface area contributed by atoms with E-state index in [1.165, 1.54) is 0 Å². The van der Waals surface area contributed by atoms with Crippen molar-refractivity contribution in [3.8, 4) is 5.75 Å². The number of hydrogen-bond donors (Lipinski definition) is 0. The molecule has 0 atom stereocenters. The van der Waals surface area contributed by atoms with E-state index < -0.39 is 0 Å². The zero-order valence-electron chi connectivity index (χ0n) is 10.5. The van der Waals surface area contributed by atoms with Crippen molar-refractivity contribution >= 4 is 43.5 Å². The van der Waals surface area contributed by atoms with Gasteiger partial charge in [-0.2, -0.15) is 0 Å². The number of fused-ring (bicyclic) bond motifs is 6. The Balaban J connectivity index is 2.36. The normalized spacial score (nSPS) is 11.5. The number of halogens is 1. The van der Waals surface area contributed by atoms with Gasteiger partial charge in [0.25, 0.3) is 0 Å². The standard InChI is InChI=1S/C14H9BrN4O/c1-20-8-2-3-9-10(6-8)13-18-7-11(15)19(13)14-12(9)16-4-5-17-14/h2-7H,1H3. The number of ether oxygens (including phenoxy) is 1. The Morgan fingerprint density at radius 1 is 1.05 bits per heavy atom. The SMILES string of the molecule is COc1ccc2c(c1)c1ncc(Br)n1c1nccnc21. The van der Waals surface area contributed by atoms with Crippen LogP contribution >= 0.6 is 15.9 Å². The van der Waals surface area contributed by atoms with Crippen LogP contribution < -0.4 is 4.74 Å². The molecule has 4 aromatic rings. The summed E-state index contributed by atoms with van der Waals surface area (Å²) in [5, 5.41) is 2.00. The molecule has 0 aliphatic rings. The first kappa shape index (κ1) is 11.6. The lowest BCUT2D eigenvalue weighted by Gasteiger charge is -2.08. The molecule has 0 radical (unpaired) electrons. The third-order valence-corrected chi connectivity index (χ3v) is 3.89. The molecule has 98 valence electrons. The van der Waals surface area contributed by atoms with Gasteiger partial charge in [0.15, 0.2) is 5.65 Å². The zero-order valence-corrected chi connectivity index (χ0v) is 12.1. The first-order valence-corrected chi connectivity index (χ1v) is 6.82. The Labute approximate surface area is 122 Å². The summed E-state index contributed by atoms with van der Waals surface area (Å²) < 4.78 is 8.10. The number of imidazole rings is 1. The van der Waals surface area contributed by atoms with Gasteiger partial charge in [0.1, 0.15) is 21.5 Å². The number of benzene rings is 1. The summed E-state index contributed by atoms with van der Waals surface area (Å²) in [6, 6.07) is 5.89. The van der Waals surface area contributed by atoms with Gasteiger partial charge in [0, 0.05) is 23.2 Å². The summed E-state index contributed by atoms with van der Waals surface area (Å²) in [6.07, 6.45) is 5.15. The van der Waals surface area contributed by atoms with Gasteiger partial charge in [-0.1, -0.05) is 0 Å². The molecular formula is C14H9BrN4O. The Hall–Kier alpha value is -2.21. The summed E-state index contributed by atoms with van der Waals surface area (Å²) in [5.74, 6) is 0.793. The van der Waals surface area contributed by atoms with E-state index in [-0.39, 0.29) is 0 Å². The van der Waals surface area contributed by atoms with Crippen molar-refractivity contribution < 1.29 is 4.74 Å². The van der Waals surface area contributed by atoms with Gasteiger partial charge in [-0.3, -0.25) is 9.38 Å². The average Bonchev–Trinajstić information content (AvgIpc) is 2.89. The van der Waals surface area contributed by atoms with Crippen LogP contribution in [0.4, 0.5) is 0 Å². The van der Waals surface area contributed by atoms with E-state index in [9.17, 15) is 0 Å². The molecule has 0 amide bonds. The van der Waals surface area contributed by atoms with E-state index in [0.29, 0.717) is 0 Å². The van der Waals surface area contributed by atoms with Gasteiger partial charge in [-0.05, 0) is 34.1 Å². The minimum absolute atomic E-state index is 0.782. The maximum Gasteiger partial charge on any atom is 0.166 e. The Bertz CT molecular complexity index is 964. The van der Waals surface area contributed by atoms with Gasteiger partial charge in [-0.15, -0.1) is 0 Å². The number of aromatic nitrogens is 4. The summed E-state index contributed by atoms with van der Waals surface area (Å²) in [4.78, 5) is 13.4. The second kappa shape index (κ2) is 4.14. The highest BCUT2D eigenvalue weighted by atomic mass is 79.9. The molecule has 1 aromatic carbocycles. The van der Waals surface area contributed by atoms with E-state index in [2.05, 4.69) is 30.9 Å². The topological polar surface area (TPSA) is 52.3 Å². The Morgan fingerprint density at radius 2 is 1.90 bits per heavy atom. The van der Waals surface area contributed by atoms with Crippen LogP contribution in [0.1, 0.15) is 0 Å². The summed E-state index contributed by atoms with van der Waals surface area (Å²) >= 11 is 3.51. The van der Waals surface area contributed by atoms with E-state index >= 15 is 0 Å². The molecule has 0 aliphatic carbocycles. The summed E-state index contributed by atoms with van der Waals surface area (Å²) in [6.45, 7) is 0. The van der Waals surface area contributed by atoms with Crippen molar-refractivity contribution in [3.05, 3.63) is 41.4 Å². The first-order valence-electron chi connectivity index (χ1n) is 6.03. The molecule has 6 heteroatoms. The quantitative estimate of drug-likeness (QED) is 0.503. The highest BCUT2D eigenvalue weighted by molar-refractivity contribution is 9.10. The number of methoxy groups -OCH3 is 1. The van der Waals surface area contributed by atoms with Crippen molar-refractivity contribution in [2.45, 2.75) is 0 Å². The van der Waals surface area contributed by atoms with Gasteiger partial charge >= 0.3 is 0 Å². The van der Waals surface area contributed by atoms with Crippen LogP contribution in [0.5, 0.6) is 5.75 Å². The van der Waals surface area contributed by atoms with Crippen molar-refractivity contribution in [1.82, 2.24) is 19.4 Å². The molecule has 3 aromatic heterocycles. The minimum atomic E-state index is 0.782. The molecule has 0 N–H and O–H groups in total. The maximum absolute atomic E-state index is 5.31. The molecule has 0 aliphatic heterocycles. The largest absolute Gasteiger partial charge is 0.497 e. The van der Waals surface area contributed by atoms with E-state index in [1.807, 2.05) is 22.6 Å². The highest BCUT2D eigenvalue weighted by Gasteiger charge is 2.14. The van der Waals surface area contributed by atoms with Crippen LogP contribution in [0.25, 0.3) is 27.6 Å². The minimum Gasteiger partial charge on any atom is -0.497 e. The fourth-order valence-corrected chi connectivity index (χ4v) is 2.89. The number of nitrogens with zero attached hydrogens (tertiary/aromatic N) is 4. The second-order valence-electron chi connectivity index (χ2n) is 4.38. The van der Waals surface area contributed by atoms with Crippen LogP contribution in [-0.4, -0.2) is 26.5 Å². The predicted molar refractivity (Wildman–Crippen MR) is 80.0 cm³/mol. The van der Waals surface area contributed by atoms with Crippen LogP contribution in [0, 0.1) is 0 Å². The van der Waals surface area contributed by atoms with Crippen molar-refractivity contribution in [2.75, 3.05) is 7.11 Å². The molecule has 20 heavy (non-hydrogen) atoms. The molecule has 4 rings (SSSR count). The van der Waals surface area contributed by atoms with Crippen LogP contribution in [0.2, 0.25) is 0 Å². The molecule has 3 heterocycles. The van der Waals surface area contributed by atoms with Crippen LogP contribution in [0.15, 0.2) is 41.4 Å². The Morgan fingerprint density at radius 3 is 2.75 bits per heavy atom. The van der Waals surface area contributed by atoms with E-state index in [4.69, 9.17) is 4.74 Å². The second-order valence-corrected chi connectivity index (χ2v) is 5.19. The fourth-order valence-electron chi connectivity index (χ4n) is 2.45. The van der Waals surface area contributed by atoms with Crippen LogP contribution in [0.3, 0.4) is 0 Å². The molecule has 0 fully saturated rings. The number of rotatable bonds is 1. The molecule has 0 saturated carbocycles. The summed E-state index contributed by atoms with van der Waals surface area (Å²) in [7, 11) is 1.65. The van der Waals surface area contributed by atoms with Crippen molar-refractivity contribution in [3.63, 3.8) is 0 Å². The number of hydrogen-bond acceptors (Lipinski definition) is 4. The molecule has 0 unspecified atom stereocenters. The van der Waals surface area contributed by atoms with Gasteiger partial charge in [-0.25, -0.2) is 9.97 Å². The molecule has 5 nitrogen and oxygen atoms in total. The van der Waals surface area contributed by atoms with Gasteiger partial charge in [0.2, 0.25) is 0 Å². The van der Waals surface area contributed by atoms with E-state index in [1.54, 1.807) is 25.7 Å². The molecular weight excluding hydrogens is 320 g/mol. The number of pyridine rings is 1. The van der Waals surface area contributed by atoms with Crippen molar-refractivity contribution in [1.29, 1.82) is 0 Å². The van der Waals surface area contributed by atoms with Gasteiger partial charge in [0.05, 0.1) is 13.3 Å². The van der Waals surface area contributed by atoms with Crippen LogP contribution in [-0.2, 0) is 0 Å². The average molecular weight is 329 g/mol. The van der Waals surface area contributed by atoms with E-state index in [0.717, 1.165) is 37.9 Å². The lowest BCUT2D eigenvalue weighted by atomic mass is 10.1. The smallest absolute Gasteiger partial charge is 0.166 e. The maximum atomic E-state index is 5.31. The highest BCUT2D eigenvalue weighted by Crippen LogP contribution is 2.31. The summed E-state index contributed by atoms with van der Waals surface area (Å²) in [5.41, 5.74) is 2.46. The van der Waals surface area contributed by atoms with Crippen molar-refractivity contribution in [2.24, 2.45) is 0 Å². The third-order valence-electron chi connectivity index (χ3n) is 3.33. The third kappa shape index (κ3) is 1.45. The first-order chi connectivity index (χ1) is 9.79. The molecule has 0 saturated heterocycles. The fraction of sp³-hybridized carbons (Fsp3) is 0.0714. The lowest BCUT2D eigenvalue weighted by Crippen LogP contribution is -1.96. The zero-order chi connectivity index (χ0) is 13.7. The van der Waals surface area contributed by atoms with Gasteiger partial charge < -0.3 is 4.74 Å².